The fourth-order valence-corrected chi connectivity index (χ4v) is 3.30. The first kappa shape index (κ1) is 12.6. The molecule has 100 valence electrons. The number of hydrogen-bond acceptors (Lipinski definition) is 0. The molecule has 0 radical (unpaired) electrons. The fourth-order valence-electron chi connectivity index (χ4n) is 2.94. The molecule has 4 rings (SSSR count). The van der Waals surface area contributed by atoms with Gasteiger partial charge in [-0.1, -0.05) is 76.6 Å². The summed E-state index contributed by atoms with van der Waals surface area (Å²) in [5.41, 5.74) is 7.78. The minimum atomic E-state index is 1.12. The van der Waals surface area contributed by atoms with Gasteiger partial charge in [-0.2, -0.15) is 0 Å². The molecule has 1 aliphatic rings. The average molecular weight is 333 g/mol. The molecule has 0 heterocycles. The molecule has 0 unspecified atom stereocenters. The molecule has 0 saturated carbocycles. The minimum Gasteiger partial charge on any atom is -0.0622 e. The van der Waals surface area contributed by atoms with E-state index in [0.29, 0.717) is 0 Å². The molecule has 0 saturated heterocycles. The van der Waals surface area contributed by atoms with Crippen molar-refractivity contribution in [1.29, 1.82) is 0 Å². The lowest BCUT2D eigenvalue weighted by Crippen LogP contribution is -1.82. The molecule has 0 bridgehead atoms. The summed E-state index contributed by atoms with van der Waals surface area (Å²) in [6.45, 7) is 0. The van der Waals surface area contributed by atoms with Crippen molar-refractivity contribution in [2.45, 2.75) is 0 Å². The molecule has 3 aromatic carbocycles. The predicted molar refractivity (Wildman–Crippen MR) is 93.0 cm³/mol. The van der Waals surface area contributed by atoms with Crippen molar-refractivity contribution < 1.29 is 0 Å². The highest BCUT2D eigenvalue weighted by atomic mass is 79.9. The van der Waals surface area contributed by atoms with E-state index >= 15 is 0 Å². The summed E-state index contributed by atoms with van der Waals surface area (Å²) < 4.78 is 1.12. The quantitative estimate of drug-likeness (QED) is 0.400. The van der Waals surface area contributed by atoms with Gasteiger partial charge in [0.05, 0.1) is 0 Å². The largest absolute Gasteiger partial charge is 0.0622 e. The third-order valence-corrected chi connectivity index (χ3v) is 4.38. The number of fused-ring (bicyclic) bond motifs is 3. The highest BCUT2D eigenvalue weighted by Gasteiger charge is 2.22. The molecule has 0 aliphatic heterocycles. The summed E-state index contributed by atoms with van der Waals surface area (Å²) in [7, 11) is 0. The normalized spacial score (nSPS) is 14.0. The zero-order valence-corrected chi connectivity index (χ0v) is 13.0. The second kappa shape index (κ2) is 5.01. The van der Waals surface area contributed by atoms with E-state index in [4.69, 9.17) is 0 Å². The zero-order chi connectivity index (χ0) is 14.2. The van der Waals surface area contributed by atoms with Gasteiger partial charge in [-0.15, -0.1) is 0 Å². The highest BCUT2D eigenvalue weighted by molar-refractivity contribution is 9.10. The molecular weight excluding hydrogens is 320 g/mol. The van der Waals surface area contributed by atoms with E-state index in [0.717, 1.165) is 4.47 Å². The van der Waals surface area contributed by atoms with Crippen LogP contribution in [0, 0.1) is 0 Å². The Hall–Kier alpha value is -2.12. The van der Waals surface area contributed by atoms with Crippen LogP contribution in [0.4, 0.5) is 0 Å². The molecule has 0 amide bonds. The van der Waals surface area contributed by atoms with Crippen molar-refractivity contribution >= 4 is 27.6 Å². The van der Waals surface area contributed by atoms with Gasteiger partial charge in [0, 0.05) is 4.47 Å². The topological polar surface area (TPSA) is 0 Å². The van der Waals surface area contributed by atoms with Crippen LogP contribution in [0.1, 0.15) is 16.7 Å². The van der Waals surface area contributed by atoms with Crippen LogP contribution in [0.5, 0.6) is 0 Å². The Bertz CT molecular complexity index is 845. The minimum absolute atomic E-state index is 1.12. The number of halogens is 1. The summed E-state index contributed by atoms with van der Waals surface area (Å²) in [5, 5.41) is 0. The third-order valence-electron chi connectivity index (χ3n) is 3.89. The molecule has 1 heteroatoms. The summed E-state index contributed by atoms with van der Waals surface area (Å²) in [6.07, 6.45) is 2.27. The van der Waals surface area contributed by atoms with Crippen LogP contribution in [0.15, 0.2) is 77.3 Å². The lowest BCUT2D eigenvalue weighted by Gasteiger charge is -2.04. The number of rotatable bonds is 1. The molecule has 0 spiro atoms. The second-order valence-corrected chi connectivity index (χ2v) is 6.12. The molecule has 3 aromatic rings. The van der Waals surface area contributed by atoms with Crippen LogP contribution in [0.3, 0.4) is 0 Å². The first-order valence-corrected chi connectivity index (χ1v) is 7.79. The van der Waals surface area contributed by atoms with Gasteiger partial charge in [-0.3, -0.25) is 0 Å². The van der Waals surface area contributed by atoms with E-state index in [1.807, 2.05) is 0 Å². The molecule has 0 aromatic heterocycles. The molecule has 0 fully saturated rings. The van der Waals surface area contributed by atoms with Crippen LogP contribution < -0.4 is 0 Å². The van der Waals surface area contributed by atoms with Crippen LogP contribution >= 0.6 is 15.9 Å². The first-order valence-electron chi connectivity index (χ1n) is 6.99. The van der Waals surface area contributed by atoms with Crippen molar-refractivity contribution in [3.8, 4) is 11.1 Å². The Kier molecular flexibility index (Phi) is 3.01. The lowest BCUT2D eigenvalue weighted by atomic mass is 10.0. The maximum absolute atomic E-state index is 3.60. The van der Waals surface area contributed by atoms with Gasteiger partial charge in [-0.25, -0.2) is 0 Å². The maximum Gasteiger partial charge on any atom is 0.0181 e. The van der Waals surface area contributed by atoms with Gasteiger partial charge in [0.25, 0.3) is 0 Å². The predicted octanol–water partition coefficient (Wildman–Crippen LogP) is 6.02. The van der Waals surface area contributed by atoms with Crippen molar-refractivity contribution in [3.63, 3.8) is 0 Å². The molecule has 1 aliphatic carbocycles. The standard InChI is InChI=1S/C20H13Br/c21-15-10-11-18-16-8-4-5-9-17(16)19(20(18)13-15)12-14-6-2-1-3-7-14/h1-13H. The van der Waals surface area contributed by atoms with Crippen molar-refractivity contribution in [2.75, 3.05) is 0 Å². The molecule has 0 nitrogen and oxygen atoms in total. The Morgan fingerprint density at radius 3 is 2.10 bits per heavy atom. The smallest absolute Gasteiger partial charge is 0.0181 e. The molecule has 21 heavy (non-hydrogen) atoms. The van der Waals surface area contributed by atoms with Crippen molar-refractivity contribution in [3.05, 3.63) is 94.0 Å². The fraction of sp³-hybridized carbons (Fsp3) is 0. The van der Waals surface area contributed by atoms with Crippen LogP contribution in [-0.4, -0.2) is 0 Å². The van der Waals surface area contributed by atoms with Gasteiger partial charge < -0.3 is 0 Å². The Labute approximate surface area is 132 Å². The van der Waals surface area contributed by atoms with Gasteiger partial charge in [0.2, 0.25) is 0 Å². The summed E-state index contributed by atoms with van der Waals surface area (Å²) in [6, 6.07) is 25.6. The maximum atomic E-state index is 3.60. The van der Waals surface area contributed by atoms with E-state index in [1.54, 1.807) is 0 Å². The van der Waals surface area contributed by atoms with E-state index in [9.17, 15) is 0 Å². The molecular formula is C20H13Br. The van der Waals surface area contributed by atoms with Crippen molar-refractivity contribution in [2.24, 2.45) is 0 Å². The monoisotopic (exact) mass is 332 g/mol. The van der Waals surface area contributed by atoms with E-state index < -0.39 is 0 Å². The Morgan fingerprint density at radius 1 is 0.619 bits per heavy atom. The molecule has 0 atom stereocenters. The van der Waals surface area contributed by atoms with Crippen LogP contribution in [0.25, 0.3) is 22.8 Å². The number of benzene rings is 3. The lowest BCUT2D eigenvalue weighted by molar-refractivity contribution is 1.61. The van der Waals surface area contributed by atoms with E-state index in [1.165, 1.54) is 33.4 Å². The average Bonchev–Trinajstić information content (AvgIpc) is 2.82. The van der Waals surface area contributed by atoms with Gasteiger partial charge >= 0.3 is 0 Å². The van der Waals surface area contributed by atoms with Crippen LogP contribution in [0.2, 0.25) is 0 Å². The SMILES string of the molecule is Brc1ccc2c(c1)C(=Cc1ccccc1)c1ccccc1-2. The van der Waals surface area contributed by atoms with Gasteiger partial charge in [0.1, 0.15) is 0 Å². The van der Waals surface area contributed by atoms with E-state index in [-0.39, 0.29) is 0 Å². The second-order valence-electron chi connectivity index (χ2n) is 5.20. The highest BCUT2D eigenvalue weighted by Crippen LogP contribution is 2.45. The molecule has 0 N–H and O–H groups in total. The van der Waals surface area contributed by atoms with Gasteiger partial charge in [0.15, 0.2) is 0 Å². The Morgan fingerprint density at radius 2 is 1.29 bits per heavy atom. The van der Waals surface area contributed by atoms with Gasteiger partial charge in [-0.05, 0) is 51.6 Å². The zero-order valence-electron chi connectivity index (χ0n) is 11.4. The first-order chi connectivity index (χ1) is 10.3. The summed E-state index contributed by atoms with van der Waals surface area (Å²) in [4.78, 5) is 0. The van der Waals surface area contributed by atoms with Crippen LogP contribution in [-0.2, 0) is 0 Å². The van der Waals surface area contributed by atoms with Crippen molar-refractivity contribution in [1.82, 2.24) is 0 Å². The van der Waals surface area contributed by atoms with E-state index in [2.05, 4.69) is 94.8 Å². The number of hydrogen-bond donors (Lipinski definition) is 0. The Balaban J connectivity index is 1.99. The summed E-state index contributed by atoms with van der Waals surface area (Å²) >= 11 is 3.60. The third kappa shape index (κ3) is 2.14. The summed E-state index contributed by atoms with van der Waals surface area (Å²) in [5.74, 6) is 0.